The van der Waals surface area contributed by atoms with Gasteiger partial charge in [0.2, 0.25) is 5.91 Å². The molecule has 1 fully saturated rings. The second-order valence-corrected chi connectivity index (χ2v) is 5.66. The highest BCUT2D eigenvalue weighted by Gasteiger charge is 2.33. The Balaban J connectivity index is 1.97. The Kier molecular flexibility index (Phi) is 6.00. The lowest BCUT2D eigenvalue weighted by Crippen LogP contribution is -2.33. The third-order valence-electron chi connectivity index (χ3n) is 3.58. The van der Waals surface area contributed by atoms with Crippen LogP contribution in [0.5, 0.6) is 0 Å². The minimum Gasteiger partial charge on any atom is -0.382 e. The fourth-order valence-electron chi connectivity index (χ4n) is 2.27. The maximum atomic E-state index is 13.9. The average Bonchev–Trinajstić information content (AvgIpc) is 3.27. The zero-order valence-electron chi connectivity index (χ0n) is 12.3. The second kappa shape index (κ2) is 7.76. The van der Waals surface area contributed by atoms with Gasteiger partial charge < -0.3 is 9.64 Å². The van der Waals surface area contributed by atoms with E-state index in [1.165, 1.54) is 6.07 Å². The molecule has 5 heteroatoms. The van der Waals surface area contributed by atoms with Gasteiger partial charge in [0, 0.05) is 36.3 Å². The van der Waals surface area contributed by atoms with Crippen LogP contribution in [0, 0.1) is 5.82 Å². The molecule has 0 heterocycles. The number of rotatable bonds is 8. The number of ether oxygens (including phenoxy) is 1. The fraction of sp³-hybridized carbons (Fsp3) is 0.562. The van der Waals surface area contributed by atoms with Crippen molar-refractivity contribution in [2.24, 2.45) is 0 Å². The molecular weight excluding hydrogens is 293 g/mol. The van der Waals surface area contributed by atoms with Crippen molar-refractivity contribution >= 4 is 17.5 Å². The number of carbonyl (C=O) groups is 1. The van der Waals surface area contributed by atoms with E-state index < -0.39 is 0 Å². The van der Waals surface area contributed by atoms with E-state index in [1.54, 1.807) is 17.0 Å². The van der Waals surface area contributed by atoms with Crippen LogP contribution in [0.25, 0.3) is 0 Å². The fourth-order valence-corrected chi connectivity index (χ4v) is 2.50. The number of halogens is 2. The summed E-state index contributed by atoms with van der Waals surface area (Å²) in [5.41, 5.74) is 0.407. The van der Waals surface area contributed by atoms with E-state index in [0.29, 0.717) is 36.6 Å². The molecule has 0 aromatic heterocycles. The van der Waals surface area contributed by atoms with Crippen LogP contribution in [0.15, 0.2) is 18.2 Å². The predicted octanol–water partition coefficient (Wildman–Crippen LogP) is 3.79. The maximum absolute atomic E-state index is 13.9. The molecular formula is C16H21ClFNO2. The van der Waals surface area contributed by atoms with Crippen LogP contribution in [-0.2, 0) is 16.1 Å². The van der Waals surface area contributed by atoms with Crippen molar-refractivity contribution in [3.05, 3.63) is 34.6 Å². The minimum absolute atomic E-state index is 0.0523. The summed E-state index contributed by atoms with van der Waals surface area (Å²) < 4.78 is 19.1. The van der Waals surface area contributed by atoms with Gasteiger partial charge in [-0.05, 0) is 38.3 Å². The molecule has 116 valence electrons. The van der Waals surface area contributed by atoms with Crippen molar-refractivity contribution in [1.82, 2.24) is 4.90 Å². The van der Waals surface area contributed by atoms with E-state index in [9.17, 15) is 9.18 Å². The molecule has 1 aromatic rings. The second-order valence-electron chi connectivity index (χ2n) is 5.25. The quantitative estimate of drug-likeness (QED) is 0.683. The van der Waals surface area contributed by atoms with Crippen molar-refractivity contribution in [3.8, 4) is 0 Å². The summed E-state index contributed by atoms with van der Waals surface area (Å²) in [5.74, 6) is -0.299. The standard InChI is InChI=1S/C16H21ClFNO2/c1-2-21-10-4-7-16(20)19(12-8-9-12)11-13-14(17)5-3-6-15(13)18/h3,5-6,12H,2,4,7-11H2,1H3. The molecule has 1 aromatic carbocycles. The van der Waals surface area contributed by atoms with Gasteiger partial charge in [0.05, 0.1) is 6.54 Å². The van der Waals surface area contributed by atoms with Crippen molar-refractivity contribution in [2.75, 3.05) is 13.2 Å². The molecule has 1 amide bonds. The monoisotopic (exact) mass is 313 g/mol. The predicted molar refractivity (Wildman–Crippen MR) is 80.7 cm³/mol. The normalized spacial score (nSPS) is 14.2. The first kappa shape index (κ1) is 16.2. The highest BCUT2D eigenvalue weighted by atomic mass is 35.5. The molecule has 3 nitrogen and oxygen atoms in total. The molecule has 0 bridgehead atoms. The number of carbonyl (C=O) groups excluding carboxylic acids is 1. The van der Waals surface area contributed by atoms with E-state index >= 15 is 0 Å². The first-order valence-corrected chi connectivity index (χ1v) is 7.81. The summed E-state index contributed by atoms with van der Waals surface area (Å²) in [6.07, 6.45) is 3.11. The van der Waals surface area contributed by atoms with E-state index in [4.69, 9.17) is 16.3 Å². The number of amides is 1. The van der Waals surface area contributed by atoms with Gasteiger partial charge in [-0.2, -0.15) is 0 Å². The Labute approximate surface area is 130 Å². The Hall–Kier alpha value is -1.13. The van der Waals surface area contributed by atoms with Crippen LogP contribution < -0.4 is 0 Å². The molecule has 1 aliphatic rings. The van der Waals surface area contributed by atoms with E-state index in [0.717, 1.165) is 12.8 Å². The SMILES string of the molecule is CCOCCCC(=O)N(Cc1c(F)cccc1Cl)C1CC1. The van der Waals surface area contributed by atoms with Crippen molar-refractivity contribution in [2.45, 2.75) is 45.2 Å². The zero-order chi connectivity index (χ0) is 15.2. The molecule has 0 N–H and O–H groups in total. The molecule has 0 unspecified atom stereocenters. The van der Waals surface area contributed by atoms with Gasteiger partial charge in [-0.3, -0.25) is 4.79 Å². The summed E-state index contributed by atoms with van der Waals surface area (Å²) in [6.45, 7) is 3.43. The number of nitrogens with zero attached hydrogens (tertiary/aromatic N) is 1. The lowest BCUT2D eigenvalue weighted by atomic mass is 10.1. The van der Waals surface area contributed by atoms with Gasteiger partial charge in [0.15, 0.2) is 0 Å². The van der Waals surface area contributed by atoms with Crippen LogP contribution in [0.1, 0.15) is 38.2 Å². The third-order valence-corrected chi connectivity index (χ3v) is 3.94. The van der Waals surface area contributed by atoms with Crippen molar-refractivity contribution in [1.29, 1.82) is 0 Å². The van der Waals surface area contributed by atoms with Crippen LogP contribution in [0.4, 0.5) is 4.39 Å². The summed E-state index contributed by atoms with van der Waals surface area (Å²) >= 11 is 6.05. The molecule has 0 saturated heterocycles. The van der Waals surface area contributed by atoms with Gasteiger partial charge in [-0.25, -0.2) is 4.39 Å². The molecule has 1 aliphatic carbocycles. The highest BCUT2D eigenvalue weighted by Crippen LogP contribution is 2.31. The minimum atomic E-state index is -0.352. The molecule has 2 rings (SSSR count). The molecule has 0 spiro atoms. The topological polar surface area (TPSA) is 29.5 Å². The summed E-state index contributed by atoms with van der Waals surface area (Å²) in [6, 6.07) is 4.85. The van der Waals surface area contributed by atoms with Crippen LogP contribution in [0.3, 0.4) is 0 Å². The Bertz CT molecular complexity index is 471. The third kappa shape index (κ3) is 4.68. The first-order chi connectivity index (χ1) is 10.1. The largest absolute Gasteiger partial charge is 0.382 e. The summed E-state index contributed by atoms with van der Waals surface area (Å²) in [7, 11) is 0. The number of hydrogen-bond donors (Lipinski definition) is 0. The van der Waals surface area contributed by atoms with Gasteiger partial charge in [0.25, 0.3) is 0 Å². The summed E-state index contributed by atoms with van der Waals surface area (Å²) in [4.78, 5) is 14.1. The zero-order valence-corrected chi connectivity index (χ0v) is 13.0. The Morgan fingerprint density at radius 2 is 2.24 bits per heavy atom. The lowest BCUT2D eigenvalue weighted by Gasteiger charge is -2.23. The molecule has 1 saturated carbocycles. The number of benzene rings is 1. The average molecular weight is 314 g/mol. The summed E-state index contributed by atoms with van der Waals surface area (Å²) in [5, 5.41) is 0.378. The lowest BCUT2D eigenvalue weighted by molar-refractivity contribution is -0.132. The van der Waals surface area contributed by atoms with E-state index in [-0.39, 0.29) is 24.3 Å². The molecule has 0 aliphatic heterocycles. The first-order valence-electron chi connectivity index (χ1n) is 7.43. The van der Waals surface area contributed by atoms with Crippen molar-refractivity contribution in [3.63, 3.8) is 0 Å². The highest BCUT2D eigenvalue weighted by molar-refractivity contribution is 6.31. The van der Waals surface area contributed by atoms with Gasteiger partial charge in [-0.15, -0.1) is 0 Å². The molecule has 0 atom stereocenters. The molecule has 21 heavy (non-hydrogen) atoms. The van der Waals surface area contributed by atoms with Gasteiger partial charge in [-0.1, -0.05) is 17.7 Å². The smallest absolute Gasteiger partial charge is 0.223 e. The van der Waals surface area contributed by atoms with Gasteiger partial charge in [0.1, 0.15) is 5.82 Å². The molecule has 0 radical (unpaired) electrons. The Morgan fingerprint density at radius 3 is 2.86 bits per heavy atom. The Morgan fingerprint density at radius 1 is 1.48 bits per heavy atom. The van der Waals surface area contributed by atoms with E-state index in [2.05, 4.69) is 0 Å². The maximum Gasteiger partial charge on any atom is 0.223 e. The van der Waals surface area contributed by atoms with Crippen LogP contribution in [0.2, 0.25) is 5.02 Å². The van der Waals surface area contributed by atoms with Crippen molar-refractivity contribution < 1.29 is 13.9 Å². The number of hydrogen-bond acceptors (Lipinski definition) is 2. The van der Waals surface area contributed by atoms with Crippen LogP contribution in [-0.4, -0.2) is 30.1 Å². The van der Waals surface area contributed by atoms with Crippen LogP contribution >= 0.6 is 11.6 Å². The van der Waals surface area contributed by atoms with Gasteiger partial charge >= 0.3 is 0 Å². The van der Waals surface area contributed by atoms with E-state index in [1.807, 2.05) is 6.92 Å².